The van der Waals surface area contributed by atoms with Crippen LogP contribution in [0.5, 0.6) is 0 Å². The highest BCUT2D eigenvalue weighted by Gasteiger charge is 2.21. The summed E-state index contributed by atoms with van der Waals surface area (Å²) in [7, 11) is 0. The van der Waals surface area contributed by atoms with Gasteiger partial charge in [0.05, 0.1) is 30.5 Å². The average Bonchev–Trinajstić information content (AvgIpc) is 3.24. The van der Waals surface area contributed by atoms with Gasteiger partial charge >= 0.3 is 0 Å². The van der Waals surface area contributed by atoms with E-state index in [2.05, 4.69) is 46.0 Å². The Morgan fingerprint density at radius 2 is 1.88 bits per heavy atom. The molecule has 3 N–H and O–H groups in total. The third kappa shape index (κ3) is 5.72. The highest BCUT2D eigenvalue weighted by atomic mass is 16.5. The first-order chi connectivity index (χ1) is 20.1. The van der Waals surface area contributed by atoms with E-state index in [1.807, 2.05) is 59.2 Å². The second-order valence-electron chi connectivity index (χ2n) is 10.00. The molecular formula is C32H31N7O2. The maximum atomic E-state index is 11.8. The second kappa shape index (κ2) is 11.7. The Balaban J connectivity index is 1.35. The normalized spacial score (nSPS) is 15.9. The predicted octanol–water partition coefficient (Wildman–Crippen LogP) is 4.23. The van der Waals surface area contributed by atoms with Crippen LogP contribution in [0.4, 0.5) is 5.82 Å². The molecule has 1 atom stereocenters. The summed E-state index contributed by atoms with van der Waals surface area (Å²) in [5.74, 6) is 0.901. The SMILES string of the molecule is C=CC(=O)NC1COCCN(Cc2ccc(-n3c(-c4cccnc4N)nc4ccc(-c5ccccc5)nc43)cc2)C1. The molecule has 1 aliphatic rings. The predicted molar refractivity (Wildman–Crippen MR) is 160 cm³/mol. The van der Waals surface area contributed by atoms with Gasteiger partial charge in [-0.2, -0.15) is 0 Å². The van der Waals surface area contributed by atoms with E-state index in [-0.39, 0.29) is 11.9 Å². The molecule has 6 rings (SSSR count). The molecule has 9 heteroatoms. The molecule has 0 aliphatic carbocycles. The van der Waals surface area contributed by atoms with Crippen molar-refractivity contribution in [3.05, 3.63) is 103 Å². The van der Waals surface area contributed by atoms with Gasteiger partial charge in [-0.25, -0.2) is 15.0 Å². The van der Waals surface area contributed by atoms with Crippen molar-refractivity contribution in [3.63, 3.8) is 0 Å². The number of carbonyl (C=O) groups excluding carboxylic acids is 1. The molecular weight excluding hydrogens is 514 g/mol. The van der Waals surface area contributed by atoms with Crippen LogP contribution >= 0.6 is 0 Å². The Morgan fingerprint density at radius 1 is 1.05 bits per heavy atom. The minimum Gasteiger partial charge on any atom is -0.383 e. The van der Waals surface area contributed by atoms with Crippen LogP contribution in [0.3, 0.4) is 0 Å². The summed E-state index contributed by atoms with van der Waals surface area (Å²) in [6.45, 7) is 6.86. The molecule has 0 spiro atoms. The van der Waals surface area contributed by atoms with Crippen LogP contribution in [0.2, 0.25) is 0 Å². The maximum Gasteiger partial charge on any atom is 0.243 e. The first-order valence-corrected chi connectivity index (χ1v) is 13.6. The Hall–Kier alpha value is -4.86. The maximum absolute atomic E-state index is 11.8. The molecule has 9 nitrogen and oxygen atoms in total. The van der Waals surface area contributed by atoms with Crippen molar-refractivity contribution in [2.75, 3.05) is 32.0 Å². The number of ether oxygens (including phenoxy) is 1. The van der Waals surface area contributed by atoms with E-state index < -0.39 is 0 Å². The number of imidazole rings is 1. The zero-order chi connectivity index (χ0) is 28.2. The number of fused-ring (bicyclic) bond motifs is 1. The molecule has 5 aromatic rings. The van der Waals surface area contributed by atoms with Gasteiger partial charge in [0.1, 0.15) is 11.3 Å². The van der Waals surface area contributed by atoms with Crippen LogP contribution in [-0.4, -0.2) is 62.7 Å². The molecule has 0 bridgehead atoms. The van der Waals surface area contributed by atoms with Crippen LogP contribution < -0.4 is 11.1 Å². The highest BCUT2D eigenvalue weighted by molar-refractivity contribution is 5.87. The summed E-state index contributed by atoms with van der Waals surface area (Å²) in [6, 6.07) is 26.2. The number of anilines is 1. The largest absolute Gasteiger partial charge is 0.383 e. The molecule has 1 fully saturated rings. The molecule has 0 saturated carbocycles. The molecule has 0 radical (unpaired) electrons. The van der Waals surface area contributed by atoms with Crippen molar-refractivity contribution in [1.29, 1.82) is 0 Å². The number of hydrogen-bond acceptors (Lipinski definition) is 7. The molecule has 1 aliphatic heterocycles. The number of nitrogens with one attached hydrogen (secondary N) is 1. The van der Waals surface area contributed by atoms with Gasteiger partial charge in [-0.1, -0.05) is 49.0 Å². The van der Waals surface area contributed by atoms with E-state index in [9.17, 15) is 4.79 Å². The van der Waals surface area contributed by atoms with Crippen LogP contribution in [0.1, 0.15) is 5.56 Å². The number of benzene rings is 2. The summed E-state index contributed by atoms with van der Waals surface area (Å²) >= 11 is 0. The van der Waals surface area contributed by atoms with Gasteiger partial charge in [0.25, 0.3) is 0 Å². The lowest BCUT2D eigenvalue weighted by Gasteiger charge is -2.24. The van der Waals surface area contributed by atoms with Gasteiger partial charge in [0, 0.05) is 37.1 Å². The van der Waals surface area contributed by atoms with Crippen LogP contribution in [0, 0.1) is 0 Å². The van der Waals surface area contributed by atoms with Gasteiger partial charge in [-0.15, -0.1) is 0 Å². The van der Waals surface area contributed by atoms with Crippen molar-refractivity contribution >= 4 is 22.9 Å². The first kappa shape index (κ1) is 26.4. The smallest absolute Gasteiger partial charge is 0.243 e. The minimum absolute atomic E-state index is 0.0861. The standard InChI is InChI=1S/C32H31N7O2/c1-2-29(40)35-24-20-38(17-18-41-21-24)19-22-10-12-25(13-11-22)39-31(26-9-6-16-34-30(26)33)37-28-15-14-27(36-32(28)39)23-7-4-3-5-8-23/h2-16,24H,1,17-21H2,(H2,33,34)(H,35,40). The van der Waals surface area contributed by atoms with E-state index >= 15 is 0 Å². The molecule has 1 saturated heterocycles. The third-order valence-corrected chi connectivity index (χ3v) is 7.14. The average molecular weight is 546 g/mol. The second-order valence-corrected chi connectivity index (χ2v) is 10.00. The molecule has 41 heavy (non-hydrogen) atoms. The van der Waals surface area contributed by atoms with Gasteiger partial charge in [0.2, 0.25) is 5.91 Å². The number of nitrogens with two attached hydrogens (primary N) is 1. The van der Waals surface area contributed by atoms with Crippen molar-refractivity contribution in [2.24, 2.45) is 0 Å². The number of aromatic nitrogens is 4. The van der Waals surface area contributed by atoms with Gasteiger partial charge in [-0.05, 0) is 48.0 Å². The van der Waals surface area contributed by atoms with Crippen molar-refractivity contribution < 1.29 is 9.53 Å². The molecule has 1 unspecified atom stereocenters. The van der Waals surface area contributed by atoms with Gasteiger partial charge in [-0.3, -0.25) is 14.3 Å². The van der Waals surface area contributed by atoms with Crippen LogP contribution in [0.25, 0.3) is 39.5 Å². The van der Waals surface area contributed by atoms with E-state index in [4.69, 9.17) is 20.4 Å². The van der Waals surface area contributed by atoms with Crippen molar-refractivity contribution in [1.82, 2.24) is 29.7 Å². The lowest BCUT2D eigenvalue weighted by molar-refractivity contribution is -0.117. The van der Waals surface area contributed by atoms with E-state index in [1.54, 1.807) is 6.20 Å². The van der Waals surface area contributed by atoms with Crippen molar-refractivity contribution in [3.8, 4) is 28.3 Å². The lowest BCUT2D eigenvalue weighted by atomic mass is 10.1. The molecule has 4 heterocycles. The Labute approximate surface area is 238 Å². The molecule has 3 aromatic heterocycles. The highest BCUT2D eigenvalue weighted by Crippen LogP contribution is 2.31. The monoisotopic (exact) mass is 545 g/mol. The number of carbonyl (C=O) groups is 1. The minimum atomic E-state index is -0.188. The Morgan fingerprint density at radius 3 is 2.66 bits per heavy atom. The zero-order valence-corrected chi connectivity index (χ0v) is 22.6. The topological polar surface area (TPSA) is 111 Å². The number of amides is 1. The molecule has 1 amide bonds. The fourth-order valence-corrected chi connectivity index (χ4v) is 5.13. The summed E-state index contributed by atoms with van der Waals surface area (Å²) in [5.41, 5.74) is 12.5. The fourth-order valence-electron chi connectivity index (χ4n) is 5.13. The first-order valence-electron chi connectivity index (χ1n) is 13.6. The summed E-state index contributed by atoms with van der Waals surface area (Å²) in [4.78, 5) is 28.4. The zero-order valence-electron chi connectivity index (χ0n) is 22.6. The lowest BCUT2D eigenvalue weighted by Crippen LogP contribution is -2.43. The van der Waals surface area contributed by atoms with Crippen molar-refractivity contribution in [2.45, 2.75) is 12.6 Å². The number of pyridine rings is 2. The molecule has 206 valence electrons. The van der Waals surface area contributed by atoms with E-state index in [1.165, 1.54) is 6.08 Å². The fraction of sp³-hybridized carbons (Fsp3) is 0.188. The summed E-state index contributed by atoms with van der Waals surface area (Å²) in [6.07, 6.45) is 2.96. The van der Waals surface area contributed by atoms with Gasteiger partial charge < -0.3 is 15.8 Å². The number of nitrogen functional groups attached to an aromatic ring is 1. The number of hydrogen-bond donors (Lipinski definition) is 2. The summed E-state index contributed by atoms with van der Waals surface area (Å²) in [5, 5.41) is 2.96. The van der Waals surface area contributed by atoms with Gasteiger partial charge in [0.15, 0.2) is 11.5 Å². The van der Waals surface area contributed by atoms with Crippen LogP contribution in [-0.2, 0) is 16.1 Å². The summed E-state index contributed by atoms with van der Waals surface area (Å²) < 4.78 is 7.75. The Bertz CT molecular complexity index is 1680. The number of rotatable bonds is 7. The van der Waals surface area contributed by atoms with E-state index in [0.29, 0.717) is 31.4 Å². The number of nitrogens with zero attached hydrogens (tertiary/aromatic N) is 5. The Kier molecular flexibility index (Phi) is 7.53. The van der Waals surface area contributed by atoms with E-state index in [0.717, 1.165) is 52.3 Å². The third-order valence-electron chi connectivity index (χ3n) is 7.14. The molecule has 2 aromatic carbocycles. The quantitative estimate of drug-likeness (QED) is 0.294. The van der Waals surface area contributed by atoms with Crippen LogP contribution in [0.15, 0.2) is 97.7 Å².